The maximum absolute atomic E-state index is 12.3. The average Bonchev–Trinajstić information content (AvgIpc) is 2.46. The largest absolute Gasteiger partial charge is 0.573 e. The molecule has 1 fully saturated rings. The summed E-state index contributed by atoms with van der Waals surface area (Å²) in [5.41, 5.74) is 0.598. The van der Waals surface area contributed by atoms with Gasteiger partial charge in [-0.1, -0.05) is 12.1 Å². The zero-order valence-corrected chi connectivity index (χ0v) is 12.3. The van der Waals surface area contributed by atoms with Gasteiger partial charge in [-0.2, -0.15) is 0 Å². The Morgan fingerprint density at radius 3 is 2.86 bits per heavy atom. The number of nitrogens with zero attached hydrogens (tertiary/aromatic N) is 1. The summed E-state index contributed by atoms with van der Waals surface area (Å²) in [4.78, 5) is 13.8. The van der Waals surface area contributed by atoms with Gasteiger partial charge in [0.15, 0.2) is 0 Å². The number of benzene rings is 1. The lowest BCUT2D eigenvalue weighted by molar-refractivity contribution is -0.274. The van der Waals surface area contributed by atoms with Gasteiger partial charge in [-0.05, 0) is 37.1 Å². The molecule has 2 rings (SSSR count). The SMILES string of the molecule is CN(Cc1cccc(OC(F)(F)F)c1)C(=O)C1CCCNC1. The fourth-order valence-electron chi connectivity index (χ4n) is 2.57. The zero-order valence-electron chi connectivity index (χ0n) is 12.3. The van der Waals surface area contributed by atoms with Crippen LogP contribution in [0.5, 0.6) is 5.75 Å². The van der Waals surface area contributed by atoms with Crippen LogP contribution in [0.25, 0.3) is 0 Å². The summed E-state index contributed by atoms with van der Waals surface area (Å²) in [6.45, 7) is 1.83. The number of hydrogen-bond acceptors (Lipinski definition) is 3. The molecule has 1 unspecified atom stereocenters. The minimum atomic E-state index is -4.71. The Kier molecular flexibility index (Phi) is 5.28. The quantitative estimate of drug-likeness (QED) is 0.928. The predicted molar refractivity (Wildman–Crippen MR) is 75.2 cm³/mol. The third-order valence-corrected chi connectivity index (χ3v) is 3.57. The summed E-state index contributed by atoms with van der Waals surface area (Å²) in [5.74, 6) is -0.326. The van der Waals surface area contributed by atoms with Crippen molar-refractivity contribution in [2.45, 2.75) is 25.7 Å². The molecule has 1 aliphatic heterocycles. The van der Waals surface area contributed by atoms with Crippen molar-refractivity contribution in [3.8, 4) is 5.75 Å². The lowest BCUT2D eigenvalue weighted by Crippen LogP contribution is -2.41. The first-order chi connectivity index (χ1) is 10.3. The molecule has 7 heteroatoms. The second-order valence-electron chi connectivity index (χ2n) is 5.43. The predicted octanol–water partition coefficient (Wildman–Crippen LogP) is 2.54. The fraction of sp³-hybridized carbons (Fsp3) is 0.533. The second kappa shape index (κ2) is 7.00. The molecule has 4 nitrogen and oxygen atoms in total. The lowest BCUT2D eigenvalue weighted by Gasteiger charge is -2.27. The Morgan fingerprint density at radius 2 is 2.23 bits per heavy atom. The molecule has 1 saturated heterocycles. The van der Waals surface area contributed by atoms with Crippen molar-refractivity contribution < 1.29 is 22.7 Å². The Balaban J connectivity index is 1.97. The van der Waals surface area contributed by atoms with Gasteiger partial charge in [0.1, 0.15) is 5.75 Å². The first-order valence-electron chi connectivity index (χ1n) is 7.15. The van der Waals surface area contributed by atoms with Gasteiger partial charge in [0, 0.05) is 20.1 Å². The zero-order chi connectivity index (χ0) is 16.2. The third kappa shape index (κ3) is 4.91. The Bertz CT molecular complexity index is 514. The molecular weight excluding hydrogens is 297 g/mol. The monoisotopic (exact) mass is 316 g/mol. The van der Waals surface area contributed by atoms with Crippen LogP contribution in [-0.4, -0.2) is 37.3 Å². The van der Waals surface area contributed by atoms with Crippen molar-refractivity contribution in [3.63, 3.8) is 0 Å². The summed E-state index contributed by atoms with van der Waals surface area (Å²) in [6.07, 6.45) is -2.92. The molecule has 1 aromatic carbocycles. The van der Waals surface area contributed by atoms with Gasteiger partial charge in [0.25, 0.3) is 0 Å². The molecule has 1 N–H and O–H groups in total. The van der Waals surface area contributed by atoms with Gasteiger partial charge in [-0.25, -0.2) is 0 Å². The summed E-state index contributed by atoms with van der Waals surface area (Å²) < 4.78 is 40.5. The molecule has 0 saturated carbocycles. The molecular formula is C15H19F3N2O2. The maximum Gasteiger partial charge on any atom is 0.573 e. The van der Waals surface area contributed by atoms with Crippen molar-refractivity contribution in [2.75, 3.05) is 20.1 Å². The number of piperidine rings is 1. The van der Waals surface area contributed by atoms with E-state index in [1.807, 2.05) is 0 Å². The first-order valence-corrected chi connectivity index (χ1v) is 7.15. The van der Waals surface area contributed by atoms with E-state index in [1.54, 1.807) is 18.0 Å². The second-order valence-corrected chi connectivity index (χ2v) is 5.43. The van der Waals surface area contributed by atoms with Crippen LogP contribution in [-0.2, 0) is 11.3 Å². The molecule has 1 atom stereocenters. The van der Waals surface area contributed by atoms with E-state index in [-0.39, 0.29) is 24.1 Å². The van der Waals surface area contributed by atoms with E-state index in [0.29, 0.717) is 12.1 Å². The fourth-order valence-corrected chi connectivity index (χ4v) is 2.57. The van der Waals surface area contributed by atoms with E-state index in [2.05, 4.69) is 10.1 Å². The minimum Gasteiger partial charge on any atom is -0.406 e. The van der Waals surface area contributed by atoms with E-state index >= 15 is 0 Å². The van der Waals surface area contributed by atoms with Crippen LogP contribution in [0.4, 0.5) is 13.2 Å². The van der Waals surface area contributed by atoms with Crippen LogP contribution in [0.15, 0.2) is 24.3 Å². The molecule has 0 spiro atoms. The first kappa shape index (κ1) is 16.6. The molecule has 0 aromatic heterocycles. The highest BCUT2D eigenvalue weighted by Gasteiger charge is 2.31. The third-order valence-electron chi connectivity index (χ3n) is 3.57. The molecule has 0 aliphatic carbocycles. The van der Waals surface area contributed by atoms with E-state index in [1.165, 1.54) is 18.2 Å². The lowest BCUT2D eigenvalue weighted by atomic mass is 9.98. The minimum absolute atomic E-state index is 0.00865. The Hall–Kier alpha value is -1.76. The average molecular weight is 316 g/mol. The van der Waals surface area contributed by atoms with Crippen LogP contribution in [0, 0.1) is 5.92 Å². The smallest absolute Gasteiger partial charge is 0.406 e. The van der Waals surface area contributed by atoms with Crippen molar-refractivity contribution in [1.82, 2.24) is 10.2 Å². The topological polar surface area (TPSA) is 41.6 Å². The number of ether oxygens (including phenoxy) is 1. The van der Waals surface area contributed by atoms with Crippen LogP contribution in [0.3, 0.4) is 0 Å². The molecule has 1 heterocycles. The summed E-state index contributed by atoms with van der Waals surface area (Å²) >= 11 is 0. The number of amides is 1. The molecule has 1 amide bonds. The highest BCUT2D eigenvalue weighted by Crippen LogP contribution is 2.24. The van der Waals surface area contributed by atoms with E-state index < -0.39 is 6.36 Å². The molecule has 0 bridgehead atoms. The Morgan fingerprint density at radius 1 is 1.45 bits per heavy atom. The van der Waals surface area contributed by atoms with Crippen molar-refractivity contribution in [2.24, 2.45) is 5.92 Å². The number of carbonyl (C=O) groups excluding carboxylic acids is 1. The Labute approximate surface area is 127 Å². The summed E-state index contributed by atoms with van der Waals surface area (Å²) in [7, 11) is 1.66. The molecule has 1 aliphatic rings. The highest BCUT2D eigenvalue weighted by atomic mass is 19.4. The van der Waals surface area contributed by atoms with Crippen molar-refractivity contribution in [3.05, 3.63) is 29.8 Å². The molecule has 22 heavy (non-hydrogen) atoms. The maximum atomic E-state index is 12.3. The van der Waals surface area contributed by atoms with Crippen molar-refractivity contribution >= 4 is 5.91 Å². The number of halogens is 3. The van der Waals surface area contributed by atoms with Crippen LogP contribution in [0.2, 0.25) is 0 Å². The van der Waals surface area contributed by atoms with Gasteiger partial charge >= 0.3 is 6.36 Å². The standard InChI is InChI=1S/C15H19F3N2O2/c1-20(14(21)12-5-3-7-19-9-12)10-11-4-2-6-13(8-11)22-15(16,17)18/h2,4,6,8,12,19H,3,5,7,9-10H2,1H3. The van der Waals surface area contributed by atoms with Crippen LogP contribution >= 0.6 is 0 Å². The van der Waals surface area contributed by atoms with Gasteiger partial charge in [0.2, 0.25) is 5.91 Å². The molecule has 1 aromatic rings. The van der Waals surface area contributed by atoms with Gasteiger partial charge < -0.3 is 15.0 Å². The number of hydrogen-bond donors (Lipinski definition) is 1. The number of nitrogens with one attached hydrogen (secondary N) is 1. The number of rotatable bonds is 4. The molecule has 0 radical (unpaired) electrons. The summed E-state index contributed by atoms with van der Waals surface area (Å²) in [6, 6.07) is 5.70. The number of carbonyl (C=O) groups is 1. The van der Waals surface area contributed by atoms with Crippen LogP contribution in [0.1, 0.15) is 18.4 Å². The van der Waals surface area contributed by atoms with Gasteiger partial charge in [-0.3, -0.25) is 4.79 Å². The number of alkyl halides is 3. The van der Waals surface area contributed by atoms with Crippen molar-refractivity contribution in [1.29, 1.82) is 0 Å². The van der Waals surface area contributed by atoms with Crippen LogP contribution < -0.4 is 10.1 Å². The summed E-state index contributed by atoms with van der Waals surface area (Å²) in [5, 5.41) is 3.18. The van der Waals surface area contributed by atoms with E-state index in [4.69, 9.17) is 0 Å². The van der Waals surface area contributed by atoms with Gasteiger partial charge in [-0.15, -0.1) is 13.2 Å². The van der Waals surface area contributed by atoms with E-state index in [0.717, 1.165) is 19.4 Å². The van der Waals surface area contributed by atoms with E-state index in [9.17, 15) is 18.0 Å². The normalized spacial score (nSPS) is 18.8. The molecule has 122 valence electrons. The highest BCUT2D eigenvalue weighted by molar-refractivity contribution is 5.78. The van der Waals surface area contributed by atoms with Gasteiger partial charge in [0.05, 0.1) is 5.92 Å².